The SMILES string of the molecule is O=C(O)C[C@@H](O)CCn1cncn1. The van der Waals surface area contributed by atoms with Crippen LogP contribution in [0.3, 0.4) is 0 Å². The average Bonchev–Trinajstić information content (AvgIpc) is 2.51. The number of aliphatic carboxylic acids is 1. The third kappa shape index (κ3) is 3.66. The predicted molar refractivity (Wildman–Crippen MR) is 42.9 cm³/mol. The molecule has 72 valence electrons. The standard InChI is InChI=1S/C7H11N3O3/c11-6(3-7(12)13)1-2-10-5-8-4-9-10/h4-6,11H,1-3H2,(H,12,13)/t6-/m0/s1. The van der Waals surface area contributed by atoms with Crippen molar-refractivity contribution in [1.82, 2.24) is 14.8 Å². The minimum absolute atomic E-state index is 0.227. The van der Waals surface area contributed by atoms with E-state index >= 15 is 0 Å². The second kappa shape index (κ2) is 4.56. The number of aryl methyl sites for hydroxylation is 1. The fourth-order valence-corrected chi connectivity index (χ4v) is 0.933. The van der Waals surface area contributed by atoms with Crippen molar-refractivity contribution in [2.45, 2.75) is 25.5 Å². The predicted octanol–water partition coefficient (Wildman–Crippen LogP) is -0.496. The van der Waals surface area contributed by atoms with Crippen LogP contribution >= 0.6 is 0 Å². The zero-order chi connectivity index (χ0) is 9.68. The molecule has 0 aliphatic rings. The van der Waals surface area contributed by atoms with E-state index in [1.54, 1.807) is 4.68 Å². The number of hydrogen-bond donors (Lipinski definition) is 2. The molecule has 0 aliphatic carbocycles. The van der Waals surface area contributed by atoms with Crippen molar-refractivity contribution < 1.29 is 15.0 Å². The molecule has 0 radical (unpaired) electrons. The van der Waals surface area contributed by atoms with Crippen LogP contribution < -0.4 is 0 Å². The van der Waals surface area contributed by atoms with Crippen molar-refractivity contribution >= 4 is 5.97 Å². The summed E-state index contributed by atoms with van der Waals surface area (Å²) in [7, 11) is 0. The second-order valence-electron chi connectivity index (χ2n) is 2.70. The first-order chi connectivity index (χ1) is 6.18. The van der Waals surface area contributed by atoms with E-state index in [9.17, 15) is 9.90 Å². The molecule has 0 aliphatic heterocycles. The lowest BCUT2D eigenvalue weighted by Crippen LogP contribution is -2.15. The Morgan fingerprint density at radius 3 is 2.92 bits per heavy atom. The molecule has 0 aromatic carbocycles. The van der Waals surface area contributed by atoms with Crippen LogP contribution in [-0.2, 0) is 11.3 Å². The van der Waals surface area contributed by atoms with Gasteiger partial charge in [0.25, 0.3) is 0 Å². The molecule has 0 unspecified atom stereocenters. The molecule has 13 heavy (non-hydrogen) atoms. The van der Waals surface area contributed by atoms with Crippen molar-refractivity contribution in [3.63, 3.8) is 0 Å². The lowest BCUT2D eigenvalue weighted by Gasteiger charge is -2.06. The molecule has 0 fully saturated rings. The highest BCUT2D eigenvalue weighted by Crippen LogP contribution is 1.99. The first-order valence-corrected chi connectivity index (χ1v) is 3.91. The lowest BCUT2D eigenvalue weighted by molar-refractivity contribution is -0.139. The topological polar surface area (TPSA) is 88.2 Å². The van der Waals surface area contributed by atoms with Gasteiger partial charge in [0.05, 0.1) is 12.5 Å². The zero-order valence-electron chi connectivity index (χ0n) is 7.00. The minimum atomic E-state index is -0.994. The summed E-state index contributed by atoms with van der Waals surface area (Å²) in [6.45, 7) is 0.481. The summed E-state index contributed by atoms with van der Waals surface area (Å²) in [5, 5.41) is 21.3. The van der Waals surface area contributed by atoms with Gasteiger partial charge in [-0.3, -0.25) is 9.48 Å². The van der Waals surface area contributed by atoms with Crippen molar-refractivity contribution in [2.75, 3.05) is 0 Å². The van der Waals surface area contributed by atoms with Crippen LogP contribution in [0.2, 0.25) is 0 Å². The zero-order valence-corrected chi connectivity index (χ0v) is 7.00. The van der Waals surface area contributed by atoms with Crippen LogP contribution in [-0.4, -0.2) is 37.1 Å². The molecular weight excluding hydrogens is 174 g/mol. The third-order valence-electron chi connectivity index (χ3n) is 1.57. The average molecular weight is 185 g/mol. The molecular formula is C7H11N3O3. The number of carboxylic acids is 1. The van der Waals surface area contributed by atoms with E-state index in [4.69, 9.17) is 5.11 Å². The van der Waals surface area contributed by atoms with Crippen molar-refractivity contribution in [3.05, 3.63) is 12.7 Å². The highest BCUT2D eigenvalue weighted by atomic mass is 16.4. The van der Waals surface area contributed by atoms with Gasteiger partial charge in [0.15, 0.2) is 0 Å². The van der Waals surface area contributed by atoms with Gasteiger partial charge in [-0.15, -0.1) is 0 Å². The van der Waals surface area contributed by atoms with Gasteiger partial charge in [-0.05, 0) is 6.42 Å². The van der Waals surface area contributed by atoms with Gasteiger partial charge in [0, 0.05) is 6.54 Å². The Labute approximate surface area is 74.8 Å². The molecule has 0 saturated carbocycles. The summed E-state index contributed by atoms with van der Waals surface area (Å²) in [6.07, 6.45) is 2.24. The first kappa shape index (κ1) is 9.66. The van der Waals surface area contributed by atoms with Gasteiger partial charge in [-0.1, -0.05) is 0 Å². The summed E-state index contributed by atoms with van der Waals surface area (Å²) in [5.74, 6) is -0.994. The van der Waals surface area contributed by atoms with E-state index in [0.717, 1.165) is 0 Å². The summed E-state index contributed by atoms with van der Waals surface area (Å²) in [6, 6.07) is 0. The highest BCUT2D eigenvalue weighted by molar-refractivity contribution is 5.67. The van der Waals surface area contributed by atoms with Gasteiger partial charge in [-0.25, -0.2) is 4.98 Å². The summed E-state index contributed by atoms with van der Waals surface area (Å²) >= 11 is 0. The Hall–Kier alpha value is -1.43. The number of carboxylic acid groups (broad SMARTS) is 1. The first-order valence-electron chi connectivity index (χ1n) is 3.91. The van der Waals surface area contributed by atoms with Gasteiger partial charge in [-0.2, -0.15) is 5.10 Å². The number of carbonyl (C=O) groups is 1. The summed E-state index contributed by atoms with van der Waals surface area (Å²) in [5.41, 5.74) is 0. The fourth-order valence-electron chi connectivity index (χ4n) is 0.933. The number of hydrogen-bond acceptors (Lipinski definition) is 4. The Bertz CT molecular complexity index is 260. The van der Waals surface area contributed by atoms with Crippen LogP contribution in [0, 0.1) is 0 Å². The van der Waals surface area contributed by atoms with Crippen LogP contribution in [0.5, 0.6) is 0 Å². The molecule has 6 nitrogen and oxygen atoms in total. The number of rotatable bonds is 5. The molecule has 1 aromatic heterocycles. The van der Waals surface area contributed by atoms with Gasteiger partial charge in [0.1, 0.15) is 12.7 Å². The van der Waals surface area contributed by atoms with E-state index in [2.05, 4.69) is 10.1 Å². The highest BCUT2D eigenvalue weighted by Gasteiger charge is 2.09. The molecule has 1 rings (SSSR count). The van der Waals surface area contributed by atoms with E-state index in [0.29, 0.717) is 13.0 Å². The molecule has 0 saturated heterocycles. The molecule has 0 amide bonds. The normalized spacial score (nSPS) is 12.7. The number of aromatic nitrogens is 3. The smallest absolute Gasteiger partial charge is 0.305 e. The maximum atomic E-state index is 10.2. The number of aliphatic hydroxyl groups excluding tert-OH is 1. The van der Waals surface area contributed by atoms with E-state index < -0.39 is 12.1 Å². The molecule has 6 heteroatoms. The van der Waals surface area contributed by atoms with Crippen LogP contribution in [0.15, 0.2) is 12.7 Å². The monoisotopic (exact) mass is 185 g/mol. The number of aliphatic hydroxyl groups is 1. The maximum absolute atomic E-state index is 10.2. The van der Waals surface area contributed by atoms with E-state index in [1.165, 1.54) is 12.7 Å². The Morgan fingerprint density at radius 2 is 2.38 bits per heavy atom. The van der Waals surface area contributed by atoms with Crippen molar-refractivity contribution in [3.8, 4) is 0 Å². The molecule has 0 spiro atoms. The van der Waals surface area contributed by atoms with Gasteiger partial charge >= 0.3 is 5.97 Å². The molecule has 0 bridgehead atoms. The molecule has 1 atom stereocenters. The second-order valence-corrected chi connectivity index (χ2v) is 2.70. The molecule has 1 aromatic rings. The van der Waals surface area contributed by atoms with E-state index in [1.807, 2.05) is 0 Å². The summed E-state index contributed by atoms with van der Waals surface area (Å²) in [4.78, 5) is 13.9. The Kier molecular flexibility index (Phi) is 3.39. The fraction of sp³-hybridized carbons (Fsp3) is 0.571. The van der Waals surface area contributed by atoms with Crippen LogP contribution in [0.25, 0.3) is 0 Å². The summed E-state index contributed by atoms with van der Waals surface area (Å²) < 4.78 is 1.55. The quantitative estimate of drug-likeness (QED) is 0.645. The molecule has 1 heterocycles. The molecule has 2 N–H and O–H groups in total. The van der Waals surface area contributed by atoms with Crippen molar-refractivity contribution in [1.29, 1.82) is 0 Å². The van der Waals surface area contributed by atoms with Crippen molar-refractivity contribution in [2.24, 2.45) is 0 Å². The Balaban J connectivity index is 2.22. The van der Waals surface area contributed by atoms with Gasteiger partial charge < -0.3 is 10.2 Å². The number of nitrogens with zero attached hydrogens (tertiary/aromatic N) is 3. The minimum Gasteiger partial charge on any atom is -0.481 e. The lowest BCUT2D eigenvalue weighted by atomic mass is 10.2. The maximum Gasteiger partial charge on any atom is 0.305 e. The van der Waals surface area contributed by atoms with E-state index in [-0.39, 0.29) is 6.42 Å². The Morgan fingerprint density at radius 1 is 1.62 bits per heavy atom. The van der Waals surface area contributed by atoms with Gasteiger partial charge in [0.2, 0.25) is 0 Å². The van der Waals surface area contributed by atoms with Crippen LogP contribution in [0.4, 0.5) is 0 Å². The third-order valence-corrected chi connectivity index (χ3v) is 1.57. The largest absolute Gasteiger partial charge is 0.481 e. The van der Waals surface area contributed by atoms with Crippen LogP contribution in [0.1, 0.15) is 12.8 Å².